The highest BCUT2D eigenvalue weighted by Gasteiger charge is 2.12. The summed E-state index contributed by atoms with van der Waals surface area (Å²) in [5.74, 6) is 0.913. The zero-order valence-corrected chi connectivity index (χ0v) is 16.3. The maximum atomic E-state index is 12.4. The molecular weight excluding hydrogens is 348 g/mol. The quantitative estimate of drug-likeness (QED) is 0.716. The topological polar surface area (TPSA) is 50.2 Å². The third-order valence-corrected chi connectivity index (χ3v) is 5.31. The molecular formula is C23H26N4O. The van der Waals surface area contributed by atoms with Crippen LogP contribution in [0.3, 0.4) is 0 Å². The van der Waals surface area contributed by atoms with E-state index in [9.17, 15) is 4.79 Å². The molecule has 2 heterocycles. The minimum atomic E-state index is -0.0396. The molecule has 0 bridgehead atoms. The van der Waals surface area contributed by atoms with Gasteiger partial charge in [-0.3, -0.25) is 9.69 Å². The van der Waals surface area contributed by atoms with Crippen LogP contribution in [0.4, 0.5) is 0 Å². The molecule has 0 atom stereocenters. The fourth-order valence-corrected chi connectivity index (χ4v) is 3.67. The first-order chi connectivity index (χ1) is 13.7. The first-order valence-electron chi connectivity index (χ1n) is 9.88. The molecule has 0 saturated carbocycles. The van der Waals surface area contributed by atoms with E-state index in [0.717, 1.165) is 23.6 Å². The van der Waals surface area contributed by atoms with E-state index in [2.05, 4.69) is 27.3 Å². The van der Waals surface area contributed by atoms with Gasteiger partial charge in [-0.2, -0.15) is 0 Å². The van der Waals surface area contributed by atoms with E-state index in [1.807, 2.05) is 54.1 Å². The minimum absolute atomic E-state index is 0.0396. The van der Waals surface area contributed by atoms with E-state index in [1.165, 1.54) is 31.5 Å². The van der Waals surface area contributed by atoms with Crippen LogP contribution >= 0.6 is 0 Å². The summed E-state index contributed by atoms with van der Waals surface area (Å²) in [5.41, 5.74) is 4.11. The average molecular weight is 374 g/mol. The first-order valence-corrected chi connectivity index (χ1v) is 9.88. The van der Waals surface area contributed by atoms with E-state index in [0.29, 0.717) is 12.1 Å². The van der Waals surface area contributed by atoms with Crippen molar-refractivity contribution in [3.05, 3.63) is 83.4 Å². The normalized spacial score (nSPS) is 14.3. The number of aryl methyl sites for hydroxylation is 1. The van der Waals surface area contributed by atoms with Crippen LogP contribution in [0.5, 0.6) is 0 Å². The van der Waals surface area contributed by atoms with Crippen molar-refractivity contribution >= 4 is 5.91 Å². The molecule has 1 aliphatic rings. The highest BCUT2D eigenvalue weighted by molar-refractivity contribution is 5.94. The number of hydrogen-bond donors (Lipinski definition) is 1. The summed E-state index contributed by atoms with van der Waals surface area (Å²) in [5, 5.41) is 3.00. The predicted molar refractivity (Wildman–Crippen MR) is 110 cm³/mol. The second-order valence-corrected chi connectivity index (χ2v) is 7.37. The van der Waals surface area contributed by atoms with Crippen molar-refractivity contribution < 1.29 is 4.79 Å². The number of likely N-dealkylation sites (tertiary alicyclic amines) is 1. The number of hydrogen-bond acceptors (Lipinski definition) is 3. The molecule has 3 aromatic rings. The second kappa shape index (κ2) is 8.40. The van der Waals surface area contributed by atoms with E-state index in [1.54, 1.807) is 6.20 Å². The van der Waals surface area contributed by atoms with Gasteiger partial charge in [-0.05, 0) is 68.2 Å². The maximum Gasteiger partial charge on any atom is 0.251 e. The lowest BCUT2D eigenvalue weighted by molar-refractivity contribution is 0.0951. The summed E-state index contributed by atoms with van der Waals surface area (Å²) in [4.78, 5) is 19.1. The Labute approximate surface area is 166 Å². The average Bonchev–Trinajstić information content (AvgIpc) is 3.39. The minimum Gasteiger partial charge on any atom is -0.348 e. The molecule has 5 heteroatoms. The molecule has 2 aromatic carbocycles. The van der Waals surface area contributed by atoms with E-state index >= 15 is 0 Å². The smallest absolute Gasteiger partial charge is 0.251 e. The van der Waals surface area contributed by atoms with Crippen molar-refractivity contribution in [2.24, 2.45) is 0 Å². The summed E-state index contributed by atoms with van der Waals surface area (Å²) in [6.45, 7) is 5.83. The third-order valence-electron chi connectivity index (χ3n) is 5.31. The van der Waals surface area contributed by atoms with Crippen molar-refractivity contribution in [1.82, 2.24) is 19.8 Å². The highest BCUT2D eigenvalue weighted by Crippen LogP contribution is 2.14. The van der Waals surface area contributed by atoms with Gasteiger partial charge in [0.05, 0.1) is 0 Å². The van der Waals surface area contributed by atoms with Crippen LogP contribution in [0.25, 0.3) is 5.69 Å². The molecule has 1 aromatic heterocycles. The van der Waals surface area contributed by atoms with Gasteiger partial charge in [0.25, 0.3) is 5.91 Å². The lowest BCUT2D eigenvalue weighted by atomic mass is 10.1. The van der Waals surface area contributed by atoms with E-state index < -0.39 is 0 Å². The number of benzene rings is 2. The second-order valence-electron chi connectivity index (χ2n) is 7.37. The van der Waals surface area contributed by atoms with Gasteiger partial charge in [-0.1, -0.05) is 24.3 Å². The van der Waals surface area contributed by atoms with Crippen molar-refractivity contribution in [3.63, 3.8) is 0 Å². The third kappa shape index (κ3) is 4.31. The summed E-state index contributed by atoms with van der Waals surface area (Å²) in [6, 6.07) is 16.1. The Morgan fingerprint density at radius 3 is 2.32 bits per heavy atom. The van der Waals surface area contributed by atoms with Crippen molar-refractivity contribution in [1.29, 1.82) is 0 Å². The van der Waals surface area contributed by atoms with Crippen LogP contribution in [-0.4, -0.2) is 33.4 Å². The Bertz CT molecular complexity index is 922. The van der Waals surface area contributed by atoms with Gasteiger partial charge >= 0.3 is 0 Å². The monoisotopic (exact) mass is 374 g/mol. The fraction of sp³-hybridized carbons (Fsp3) is 0.304. The molecule has 1 aliphatic heterocycles. The number of carbonyl (C=O) groups excluding carboxylic acids is 1. The van der Waals surface area contributed by atoms with Gasteiger partial charge < -0.3 is 9.88 Å². The SMILES string of the molecule is Cc1nccn1-c1ccc(CNC(=O)c2ccc(CN3CCCC3)cc2)cc1. The van der Waals surface area contributed by atoms with Gasteiger partial charge in [0.1, 0.15) is 5.82 Å². The van der Waals surface area contributed by atoms with Gasteiger partial charge in [-0.25, -0.2) is 4.98 Å². The lowest BCUT2D eigenvalue weighted by Crippen LogP contribution is -2.23. The van der Waals surface area contributed by atoms with Crippen LogP contribution in [0.15, 0.2) is 60.9 Å². The number of imidazole rings is 1. The van der Waals surface area contributed by atoms with Crippen molar-refractivity contribution in [2.75, 3.05) is 13.1 Å². The Morgan fingerprint density at radius 1 is 1.00 bits per heavy atom. The maximum absolute atomic E-state index is 12.4. The number of amides is 1. The standard InChI is InChI=1S/C23H26N4O/c1-18-24-12-15-27(18)22-10-6-19(7-11-22)16-25-23(28)21-8-4-20(5-9-21)17-26-13-2-3-14-26/h4-12,15H,2-3,13-14,16-17H2,1H3,(H,25,28). The molecule has 0 spiro atoms. The zero-order chi connectivity index (χ0) is 19.3. The Kier molecular flexibility index (Phi) is 5.53. The molecule has 5 nitrogen and oxygen atoms in total. The van der Waals surface area contributed by atoms with Gasteiger partial charge in [0.2, 0.25) is 0 Å². The number of nitrogens with zero attached hydrogens (tertiary/aromatic N) is 3. The van der Waals surface area contributed by atoms with Crippen molar-refractivity contribution in [2.45, 2.75) is 32.9 Å². The first kappa shape index (κ1) is 18.4. The van der Waals surface area contributed by atoms with Gasteiger partial charge in [0, 0.05) is 36.7 Å². The van der Waals surface area contributed by atoms with Gasteiger partial charge in [0.15, 0.2) is 0 Å². The molecule has 1 fully saturated rings. The number of carbonyl (C=O) groups is 1. The predicted octanol–water partition coefficient (Wildman–Crippen LogP) is 3.71. The van der Waals surface area contributed by atoms with Crippen LogP contribution in [0.2, 0.25) is 0 Å². The van der Waals surface area contributed by atoms with Crippen molar-refractivity contribution in [3.8, 4) is 5.69 Å². The fourth-order valence-electron chi connectivity index (χ4n) is 3.67. The number of rotatable bonds is 6. The lowest BCUT2D eigenvalue weighted by Gasteiger charge is -2.14. The molecule has 144 valence electrons. The molecule has 0 unspecified atom stereocenters. The molecule has 28 heavy (non-hydrogen) atoms. The molecule has 4 rings (SSSR count). The van der Waals surface area contributed by atoms with E-state index in [-0.39, 0.29) is 5.91 Å². The van der Waals surface area contributed by atoms with Crippen LogP contribution in [0, 0.1) is 6.92 Å². The van der Waals surface area contributed by atoms with Crippen LogP contribution in [-0.2, 0) is 13.1 Å². The van der Waals surface area contributed by atoms with Gasteiger partial charge in [-0.15, -0.1) is 0 Å². The summed E-state index contributed by atoms with van der Waals surface area (Å²) in [6.07, 6.45) is 6.33. The van der Waals surface area contributed by atoms with Crippen LogP contribution < -0.4 is 5.32 Å². The molecule has 1 saturated heterocycles. The number of nitrogens with one attached hydrogen (secondary N) is 1. The summed E-state index contributed by atoms with van der Waals surface area (Å²) in [7, 11) is 0. The molecule has 0 radical (unpaired) electrons. The largest absolute Gasteiger partial charge is 0.348 e. The summed E-state index contributed by atoms with van der Waals surface area (Å²) >= 11 is 0. The Morgan fingerprint density at radius 2 is 1.68 bits per heavy atom. The Hall–Kier alpha value is -2.92. The number of aromatic nitrogens is 2. The van der Waals surface area contributed by atoms with E-state index in [4.69, 9.17) is 0 Å². The summed E-state index contributed by atoms with van der Waals surface area (Å²) < 4.78 is 2.03. The molecule has 1 N–H and O–H groups in total. The molecule has 1 amide bonds. The Balaban J connectivity index is 1.32. The molecule has 0 aliphatic carbocycles. The van der Waals surface area contributed by atoms with Crippen LogP contribution in [0.1, 0.15) is 40.2 Å². The highest BCUT2D eigenvalue weighted by atomic mass is 16.1. The zero-order valence-electron chi connectivity index (χ0n) is 16.3.